The van der Waals surface area contributed by atoms with Crippen LogP contribution in [0.5, 0.6) is 0 Å². The van der Waals surface area contributed by atoms with Gasteiger partial charge in [-0.25, -0.2) is 4.39 Å². The molecule has 1 amide bonds. The van der Waals surface area contributed by atoms with Crippen molar-refractivity contribution in [3.8, 4) is 0 Å². The Hall–Kier alpha value is -2.80. The van der Waals surface area contributed by atoms with Gasteiger partial charge in [-0.3, -0.25) is 14.4 Å². The number of nitrogens with one attached hydrogen (secondary N) is 1. The molecule has 28 heavy (non-hydrogen) atoms. The molecule has 0 saturated heterocycles. The molecule has 6 nitrogen and oxygen atoms in total. The molecule has 1 aliphatic rings. The number of halogens is 1. The predicted octanol–water partition coefficient (Wildman–Crippen LogP) is 1.90. The summed E-state index contributed by atoms with van der Waals surface area (Å²) in [6, 6.07) is 5.85. The van der Waals surface area contributed by atoms with E-state index >= 15 is 0 Å². The van der Waals surface area contributed by atoms with Gasteiger partial charge in [0.25, 0.3) is 11.5 Å². The average Bonchev–Trinajstić information content (AvgIpc) is 3.43. The van der Waals surface area contributed by atoms with Crippen LogP contribution in [0.15, 0.2) is 35.3 Å². The van der Waals surface area contributed by atoms with Gasteiger partial charge in [0.15, 0.2) is 5.78 Å². The minimum absolute atomic E-state index is 0.0604. The van der Waals surface area contributed by atoms with Gasteiger partial charge in [-0.05, 0) is 48.4 Å². The number of ketones is 1. The number of amides is 1. The van der Waals surface area contributed by atoms with Crippen molar-refractivity contribution in [3.05, 3.63) is 68.9 Å². The molecule has 0 spiro atoms. The maximum Gasteiger partial charge on any atom is 0.263 e. The number of aliphatic hydroxyl groups is 1. The lowest BCUT2D eigenvalue weighted by atomic mass is 10.0. The Balaban J connectivity index is 1.95. The molecule has 1 saturated carbocycles. The quantitative estimate of drug-likeness (QED) is 0.712. The van der Waals surface area contributed by atoms with E-state index in [4.69, 9.17) is 5.11 Å². The van der Waals surface area contributed by atoms with Gasteiger partial charge in [0.05, 0.1) is 6.54 Å². The lowest BCUT2D eigenvalue weighted by Gasteiger charge is -2.12. The smallest absolute Gasteiger partial charge is 0.263 e. The van der Waals surface area contributed by atoms with Crippen LogP contribution in [0.2, 0.25) is 0 Å². The minimum atomic E-state index is -0.566. The number of aliphatic hydroxyl groups excluding tert-OH is 1. The molecule has 0 aliphatic heterocycles. The summed E-state index contributed by atoms with van der Waals surface area (Å²) in [7, 11) is 1.42. The van der Waals surface area contributed by atoms with E-state index in [1.807, 2.05) is 0 Å². The summed E-state index contributed by atoms with van der Waals surface area (Å²) < 4.78 is 14.8. The maximum atomic E-state index is 13.5. The highest BCUT2D eigenvalue weighted by Gasteiger charge is 2.38. The molecule has 7 heteroatoms. The molecule has 0 radical (unpaired) electrons. The Labute approximate surface area is 162 Å². The molecule has 1 fully saturated rings. The first-order valence-corrected chi connectivity index (χ1v) is 9.19. The third kappa shape index (κ3) is 4.20. The van der Waals surface area contributed by atoms with Crippen molar-refractivity contribution in [1.29, 1.82) is 0 Å². The monoisotopic (exact) mass is 386 g/mol. The molecule has 3 rings (SSSR count). The van der Waals surface area contributed by atoms with E-state index in [1.54, 1.807) is 19.1 Å². The summed E-state index contributed by atoms with van der Waals surface area (Å²) in [5.41, 5.74) is 0.795. The normalized spacial score (nSPS) is 18.0. The second-order valence-electron chi connectivity index (χ2n) is 7.30. The first-order valence-electron chi connectivity index (χ1n) is 9.19. The Morgan fingerprint density at radius 2 is 2.04 bits per heavy atom. The van der Waals surface area contributed by atoms with Crippen LogP contribution in [0, 0.1) is 24.6 Å². The zero-order chi connectivity index (χ0) is 20.4. The SMILES string of the molecule is CNC(=O)c1cc(C(=O)C[C@@H]2C[C@H]2CO)cn(Cc2ccc(F)c(C)c2)c1=O. The number of aryl methyl sites for hydroxylation is 1. The van der Waals surface area contributed by atoms with Gasteiger partial charge in [0.1, 0.15) is 11.4 Å². The number of carbonyl (C=O) groups is 2. The number of carbonyl (C=O) groups excluding carboxylic acids is 2. The molecule has 1 aromatic heterocycles. The third-order valence-corrected chi connectivity index (χ3v) is 5.21. The standard InChI is InChI=1S/C21H23FN2O4/c1-12-5-13(3-4-18(12)22)9-24-10-15(7-17(21(24)28)20(27)23-2)19(26)8-14-6-16(14)11-25/h3-5,7,10,14,16,25H,6,8-9,11H2,1-2H3,(H,23,27)/t14-,16-/m0/s1. The van der Waals surface area contributed by atoms with Crippen LogP contribution in [0.25, 0.3) is 0 Å². The molecular weight excluding hydrogens is 363 g/mol. The lowest BCUT2D eigenvalue weighted by molar-refractivity contribution is 0.0961. The van der Waals surface area contributed by atoms with Gasteiger partial charge in [-0.2, -0.15) is 0 Å². The molecule has 0 bridgehead atoms. The Bertz CT molecular complexity index is 983. The number of Topliss-reactive ketones (excluding diaryl/α,β-unsaturated/α-hetero) is 1. The summed E-state index contributed by atoms with van der Waals surface area (Å²) in [5.74, 6) is -0.788. The largest absolute Gasteiger partial charge is 0.396 e. The van der Waals surface area contributed by atoms with E-state index < -0.39 is 11.5 Å². The van der Waals surface area contributed by atoms with Gasteiger partial charge in [-0.1, -0.05) is 12.1 Å². The van der Waals surface area contributed by atoms with Crippen LogP contribution in [0.3, 0.4) is 0 Å². The highest BCUT2D eigenvalue weighted by atomic mass is 19.1. The zero-order valence-corrected chi connectivity index (χ0v) is 15.9. The molecule has 2 atom stereocenters. The summed E-state index contributed by atoms with van der Waals surface area (Å²) in [6.45, 7) is 1.81. The number of aromatic nitrogens is 1. The molecular formula is C21H23FN2O4. The topological polar surface area (TPSA) is 88.4 Å². The van der Waals surface area contributed by atoms with E-state index in [1.165, 1.54) is 29.9 Å². The fraction of sp³-hybridized carbons (Fsp3) is 0.381. The van der Waals surface area contributed by atoms with Crippen molar-refractivity contribution in [2.45, 2.75) is 26.3 Å². The van der Waals surface area contributed by atoms with Crippen molar-refractivity contribution in [1.82, 2.24) is 9.88 Å². The molecule has 0 unspecified atom stereocenters. The first-order chi connectivity index (χ1) is 13.3. The van der Waals surface area contributed by atoms with Gasteiger partial charge in [0.2, 0.25) is 0 Å². The van der Waals surface area contributed by atoms with Crippen molar-refractivity contribution in [3.63, 3.8) is 0 Å². The number of nitrogens with zero attached hydrogens (tertiary/aromatic N) is 1. The van der Waals surface area contributed by atoms with E-state index in [0.717, 1.165) is 6.42 Å². The second-order valence-corrected chi connectivity index (χ2v) is 7.30. The highest BCUT2D eigenvalue weighted by molar-refractivity contribution is 6.00. The van der Waals surface area contributed by atoms with Crippen LogP contribution in [0.1, 0.15) is 44.7 Å². The van der Waals surface area contributed by atoms with Crippen LogP contribution in [-0.4, -0.2) is 35.0 Å². The molecule has 148 valence electrons. The summed E-state index contributed by atoms with van der Waals surface area (Å²) >= 11 is 0. The van der Waals surface area contributed by atoms with Crippen molar-refractivity contribution >= 4 is 11.7 Å². The minimum Gasteiger partial charge on any atom is -0.396 e. The average molecular weight is 386 g/mol. The maximum absolute atomic E-state index is 13.5. The summed E-state index contributed by atoms with van der Waals surface area (Å²) in [6.07, 6.45) is 2.53. The third-order valence-electron chi connectivity index (χ3n) is 5.21. The predicted molar refractivity (Wildman–Crippen MR) is 102 cm³/mol. The Morgan fingerprint density at radius 1 is 1.29 bits per heavy atom. The van der Waals surface area contributed by atoms with Gasteiger partial charge in [-0.15, -0.1) is 0 Å². The van der Waals surface area contributed by atoms with E-state index in [-0.39, 0.29) is 54.1 Å². The van der Waals surface area contributed by atoms with Crippen LogP contribution >= 0.6 is 0 Å². The number of benzene rings is 1. The van der Waals surface area contributed by atoms with Crippen molar-refractivity contribution in [2.75, 3.05) is 13.7 Å². The van der Waals surface area contributed by atoms with Crippen LogP contribution in [0.4, 0.5) is 4.39 Å². The van der Waals surface area contributed by atoms with E-state index in [9.17, 15) is 18.8 Å². The number of pyridine rings is 1. The molecule has 1 aromatic carbocycles. The number of rotatable bonds is 7. The Morgan fingerprint density at radius 3 is 2.64 bits per heavy atom. The van der Waals surface area contributed by atoms with Gasteiger partial charge >= 0.3 is 0 Å². The van der Waals surface area contributed by atoms with Crippen molar-refractivity contribution < 1.29 is 19.1 Å². The molecule has 2 N–H and O–H groups in total. The highest BCUT2D eigenvalue weighted by Crippen LogP contribution is 2.41. The zero-order valence-electron chi connectivity index (χ0n) is 15.9. The molecule has 2 aromatic rings. The Kier molecular flexibility index (Phi) is 5.74. The van der Waals surface area contributed by atoms with Gasteiger partial charge < -0.3 is 15.0 Å². The van der Waals surface area contributed by atoms with Gasteiger partial charge in [0, 0.05) is 31.8 Å². The summed E-state index contributed by atoms with van der Waals surface area (Å²) in [5, 5.41) is 11.6. The second kappa shape index (κ2) is 8.06. The number of hydrogen-bond acceptors (Lipinski definition) is 4. The first kappa shape index (κ1) is 19.9. The van der Waals surface area contributed by atoms with Crippen LogP contribution in [-0.2, 0) is 6.54 Å². The van der Waals surface area contributed by atoms with E-state index in [2.05, 4.69) is 5.32 Å². The summed E-state index contributed by atoms with van der Waals surface area (Å²) in [4.78, 5) is 37.5. The molecule has 1 aliphatic carbocycles. The number of hydrogen-bond donors (Lipinski definition) is 2. The van der Waals surface area contributed by atoms with Crippen molar-refractivity contribution in [2.24, 2.45) is 11.8 Å². The lowest BCUT2D eigenvalue weighted by Crippen LogP contribution is -2.32. The van der Waals surface area contributed by atoms with Crippen LogP contribution < -0.4 is 10.9 Å². The fourth-order valence-electron chi connectivity index (χ4n) is 3.34. The molecule has 1 heterocycles. The van der Waals surface area contributed by atoms with E-state index in [0.29, 0.717) is 11.1 Å². The fourth-order valence-corrected chi connectivity index (χ4v) is 3.34.